The third-order valence-electron chi connectivity index (χ3n) is 4.80. The Balaban J connectivity index is 2.08. The molecule has 3 rings (SSSR count). The number of benzene rings is 2. The molecule has 3 aromatic rings. The fourth-order valence-corrected chi connectivity index (χ4v) is 3.26. The molecule has 0 amide bonds. The van der Waals surface area contributed by atoms with Crippen LogP contribution in [0.4, 0.5) is 5.69 Å². The molecule has 0 bridgehead atoms. The van der Waals surface area contributed by atoms with Gasteiger partial charge in [-0.2, -0.15) is 0 Å². The highest BCUT2D eigenvalue weighted by Gasteiger charge is 2.14. The number of aryl methyl sites for hydroxylation is 1. The van der Waals surface area contributed by atoms with Crippen LogP contribution >= 0.6 is 0 Å². The van der Waals surface area contributed by atoms with E-state index in [-0.39, 0.29) is 5.56 Å². The van der Waals surface area contributed by atoms with Gasteiger partial charge in [0.15, 0.2) is 0 Å². The van der Waals surface area contributed by atoms with Crippen LogP contribution in [0.3, 0.4) is 0 Å². The van der Waals surface area contributed by atoms with Gasteiger partial charge < -0.3 is 0 Å². The minimum Gasteiger partial charge on any atom is -0.295 e. The second-order valence-corrected chi connectivity index (χ2v) is 7.48. The second kappa shape index (κ2) is 7.78. The number of aromatic amines is 1. The molecule has 0 unspecified atom stereocenters. The molecule has 2 aromatic carbocycles. The van der Waals surface area contributed by atoms with Gasteiger partial charge in [0.05, 0.1) is 16.9 Å². The van der Waals surface area contributed by atoms with Crippen LogP contribution in [0.1, 0.15) is 61.9 Å². The minimum absolute atomic E-state index is 0.0874. The summed E-state index contributed by atoms with van der Waals surface area (Å²) in [4.78, 5) is 17.7. The smallest absolute Gasteiger partial charge is 0.280 e. The number of para-hydroxylation sites is 2. The Labute approximate surface area is 160 Å². The van der Waals surface area contributed by atoms with Crippen LogP contribution in [-0.4, -0.2) is 16.0 Å². The molecule has 1 aromatic heterocycles. The Kier molecular flexibility index (Phi) is 5.45. The zero-order valence-electron chi connectivity index (χ0n) is 16.7. The summed E-state index contributed by atoms with van der Waals surface area (Å²) in [6.07, 6.45) is 1.71. The third kappa shape index (κ3) is 3.80. The Hall–Kier alpha value is -2.88. The lowest BCUT2D eigenvalue weighted by atomic mass is 9.93. The summed E-state index contributed by atoms with van der Waals surface area (Å²) >= 11 is 0. The molecule has 0 fully saturated rings. The van der Waals surface area contributed by atoms with E-state index in [1.807, 2.05) is 37.3 Å². The average Bonchev–Trinajstić information content (AvgIpc) is 2.94. The summed E-state index contributed by atoms with van der Waals surface area (Å²) in [6.45, 7) is 10.6. The van der Waals surface area contributed by atoms with Gasteiger partial charge >= 0.3 is 0 Å². The van der Waals surface area contributed by atoms with Gasteiger partial charge in [0.2, 0.25) is 0 Å². The SMILES string of the molecule is Cc1[nH]n(-c2ccccc2)c(=O)c1C=Nc1c(C(C)C)cccc1C(C)C. The number of rotatable bonds is 5. The van der Waals surface area contributed by atoms with E-state index in [9.17, 15) is 4.79 Å². The monoisotopic (exact) mass is 361 g/mol. The van der Waals surface area contributed by atoms with Crippen LogP contribution in [0.25, 0.3) is 5.69 Å². The maximum Gasteiger partial charge on any atom is 0.280 e. The van der Waals surface area contributed by atoms with Crippen molar-refractivity contribution in [1.29, 1.82) is 0 Å². The number of H-pyrrole nitrogens is 1. The van der Waals surface area contributed by atoms with Crippen molar-refractivity contribution in [3.05, 3.63) is 81.3 Å². The molecule has 0 aliphatic rings. The van der Waals surface area contributed by atoms with Gasteiger partial charge in [0.25, 0.3) is 5.56 Å². The molecule has 0 atom stereocenters. The number of hydrogen-bond donors (Lipinski definition) is 1. The molecule has 0 saturated heterocycles. The Bertz CT molecular complexity index is 982. The summed E-state index contributed by atoms with van der Waals surface area (Å²) < 4.78 is 1.56. The van der Waals surface area contributed by atoms with Crippen molar-refractivity contribution in [2.75, 3.05) is 0 Å². The molecule has 1 heterocycles. The van der Waals surface area contributed by atoms with Crippen LogP contribution in [0.2, 0.25) is 0 Å². The van der Waals surface area contributed by atoms with Gasteiger partial charge in [-0.3, -0.25) is 14.9 Å². The predicted molar refractivity (Wildman–Crippen MR) is 113 cm³/mol. The molecule has 0 aliphatic carbocycles. The average molecular weight is 361 g/mol. The molecule has 0 spiro atoms. The zero-order valence-corrected chi connectivity index (χ0v) is 16.7. The molecule has 4 nitrogen and oxygen atoms in total. The minimum atomic E-state index is -0.0874. The van der Waals surface area contributed by atoms with Crippen LogP contribution in [0.5, 0.6) is 0 Å². The van der Waals surface area contributed by atoms with Gasteiger partial charge in [-0.1, -0.05) is 64.1 Å². The molecular formula is C23H27N3O. The quantitative estimate of drug-likeness (QED) is 0.602. The van der Waals surface area contributed by atoms with Gasteiger partial charge in [0.1, 0.15) is 0 Å². The summed E-state index contributed by atoms with van der Waals surface area (Å²) in [5.41, 5.74) is 5.51. The highest BCUT2D eigenvalue weighted by Crippen LogP contribution is 2.34. The summed E-state index contributed by atoms with van der Waals surface area (Å²) in [6, 6.07) is 15.9. The van der Waals surface area contributed by atoms with Gasteiger partial charge in [0, 0.05) is 11.9 Å². The lowest BCUT2D eigenvalue weighted by molar-refractivity contribution is 0.834. The number of aliphatic imine (C=N–C) groups is 1. The van der Waals surface area contributed by atoms with Gasteiger partial charge in [-0.15, -0.1) is 0 Å². The van der Waals surface area contributed by atoms with Crippen molar-refractivity contribution in [1.82, 2.24) is 9.78 Å². The maximum atomic E-state index is 12.9. The van der Waals surface area contributed by atoms with E-state index in [1.165, 1.54) is 11.1 Å². The first-order chi connectivity index (χ1) is 12.9. The molecule has 1 N–H and O–H groups in total. The van der Waals surface area contributed by atoms with Crippen LogP contribution in [0.15, 0.2) is 58.3 Å². The molecule has 140 valence electrons. The van der Waals surface area contributed by atoms with Crippen molar-refractivity contribution in [3.63, 3.8) is 0 Å². The number of nitrogens with zero attached hydrogens (tertiary/aromatic N) is 2. The number of nitrogens with one attached hydrogen (secondary N) is 1. The fraction of sp³-hybridized carbons (Fsp3) is 0.304. The molecular weight excluding hydrogens is 334 g/mol. The standard InChI is InChI=1S/C23H27N3O/c1-15(2)19-12-9-13-20(16(3)4)22(19)24-14-21-17(5)25-26(23(21)27)18-10-7-6-8-11-18/h6-16,25H,1-5H3. The molecule has 0 radical (unpaired) electrons. The predicted octanol–water partition coefficient (Wildman–Crippen LogP) is 5.47. The van der Waals surface area contributed by atoms with E-state index in [0.29, 0.717) is 17.4 Å². The van der Waals surface area contributed by atoms with E-state index in [0.717, 1.165) is 17.1 Å². The van der Waals surface area contributed by atoms with Crippen molar-refractivity contribution in [2.24, 2.45) is 4.99 Å². The lowest BCUT2D eigenvalue weighted by Crippen LogP contribution is -2.17. The maximum absolute atomic E-state index is 12.9. The van der Waals surface area contributed by atoms with Crippen LogP contribution in [-0.2, 0) is 0 Å². The number of aromatic nitrogens is 2. The molecule has 4 heteroatoms. The van der Waals surface area contributed by atoms with E-state index in [2.05, 4.69) is 51.0 Å². The summed E-state index contributed by atoms with van der Waals surface area (Å²) in [5, 5.41) is 3.15. The van der Waals surface area contributed by atoms with E-state index < -0.39 is 0 Å². The van der Waals surface area contributed by atoms with E-state index >= 15 is 0 Å². The first-order valence-electron chi connectivity index (χ1n) is 9.44. The third-order valence-corrected chi connectivity index (χ3v) is 4.80. The Morgan fingerprint density at radius 3 is 2.07 bits per heavy atom. The normalized spacial score (nSPS) is 11.8. The molecule has 27 heavy (non-hydrogen) atoms. The zero-order chi connectivity index (χ0) is 19.6. The first-order valence-corrected chi connectivity index (χ1v) is 9.44. The van der Waals surface area contributed by atoms with Crippen molar-refractivity contribution in [2.45, 2.75) is 46.5 Å². The van der Waals surface area contributed by atoms with Crippen LogP contribution in [0, 0.1) is 6.92 Å². The summed E-state index contributed by atoms with van der Waals surface area (Å²) in [7, 11) is 0. The van der Waals surface area contributed by atoms with E-state index in [4.69, 9.17) is 4.99 Å². The highest BCUT2D eigenvalue weighted by atomic mass is 16.1. The fourth-order valence-electron chi connectivity index (χ4n) is 3.26. The van der Waals surface area contributed by atoms with Gasteiger partial charge in [-0.25, -0.2) is 4.68 Å². The Morgan fingerprint density at radius 2 is 1.52 bits per heavy atom. The largest absolute Gasteiger partial charge is 0.295 e. The summed E-state index contributed by atoms with van der Waals surface area (Å²) in [5.74, 6) is 0.730. The van der Waals surface area contributed by atoms with E-state index in [1.54, 1.807) is 10.9 Å². The topological polar surface area (TPSA) is 50.1 Å². The first kappa shape index (κ1) is 18.9. The van der Waals surface area contributed by atoms with Crippen molar-refractivity contribution < 1.29 is 0 Å². The number of hydrogen-bond acceptors (Lipinski definition) is 2. The second-order valence-electron chi connectivity index (χ2n) is 7.48. The van der Waals surface area contributed by atoms with Gasteiger partial charge in [-0.05, 0) is 42.0 Å². The highest BCUT2D eigenvalue weighted by molar-refractivity contribution is 5.84. The lowest BCUT2D eigenvalue weighted by Gasteiger charge is -2.16. The van der Waals surface area contributed by atoms with Crippen molar-refractivity contribution in [3.8, 4) is 5.69 Å². The molecule has 0 saturated carbocycles. The molecule has 0 aliphatic heterocycles. The van der Waals surface area contributed by atoms with Crippen molar-refractivity contribution >= 4 is 11.9 Å². The Morgan fingerprint density at radius 1 is 0.926 bits per heavy atom. The van der Waals surface area contributed by atoms with Crippen LogP contribution < -0.4 is 5.56 Å².